The minimum Gasteiger partial charge on any atom is -0.497 e. The lowest BCUT2D eigenvalue weighted by molar-refractivity contribution is -0.126. The number of rotatable bonds is 8. The molecule has 0 spiro atoms. The lowest BCUT2D eigenvalue weighted by Gasteiger charge is -2.36. The van der Waals surface area contributed by atoms with Gasteiger partial charge in [0, 0.05) is 32.7 Å². The molecule has 33 heavy (non-hydrogen) atoms. The number of methoxy groups -OCH3 is 1. The van der Waals surface area contributed by atoms with E-state index in [1.165, 1.54) is 15.6 Å². The van der Waals surface area contributed by atoms with Crippen LogP contribution in [0.3, 0.4) is 0 Å². The number of piperidine rings is 1. The van der Waals surface area contributed by atoms with Crippen LogP contribution in [0.1, 0.15) is 24.4 Å². The van der Waals surface area contributed by atoms with Crippen LogP contribution in [0.5, 0.6) is 5.75 Å². The fourth-order valence-corrected chi connectivity index (χ4v) is 7.10. The minimum atomic E-state index is -3.55. The van der Waals surface area contributed by atoms with E-state index in [-0.39, 0.29) is 24.4 Å². The van der Waals surface area contributed by atoms with E-state index in [1.54, 1.807) is 24.6 Å². The second-order valence-corrected chi connectivity index (χ2v) is 11.4. The van der Waals surface area contributed by atoms with Gasteiger partial charge in [0.15, 0.2) is 0 Å². The van der Waals surface area contributed by atoms with Gasteiger partial charge in [-0.3, -0.25) is 9.69 Å². The number of ether oxygens (including phenoxy) is 2. The Morgan fingerprint density at radius 2 is 1.97 bits per heavy atom. The van der Waals surface area contributed by atoms with Crippen molar-refractivity contribution in [2.75, 3.05) is 53.0 Å². The third-order valence-electron chi connectivity index (χ3n) is 6.30. The van der Waals surface area contributed by atoms with Gasteiger partial charge in [0.05, 0.1) is 32.3 Å². The fourth-order valence-electron chi connectivity index (χ4n) is 4.43. The van der Waals surface area contributed by atoms with Crippen molar-refractivity contribution < 1.29 is 22.7 Å². The standard InChI is InChI=1S/C23H31N3O5S2/c1-30-20-8-6-18(7-9-20)21(25-11-13-31-14-12-25)16-24-23(27)19-4-2-10-26(17-19)33(28,29)22-5-3-15-32-22/h3,5-9,15,19,21H,2,4,10-14,16-17H2,1H3,(H,24,27)/t19-,21-/m1/s1. The van der Waals surface area contributed by atoms with Crippen molar-refractivity contribution in [1.82, 2.24) is 14.5 Å². The van der Waals surface area contributed by atoms with Gasteiger partial charge in [-0.25, -0.2) is 8.42 Å². The Hall–Kier alpha value is -1.98. The number of carbonyl (C=O) groups is 1. The van der Waals surface area contributed by atoms with Crippen molar-refractivity contribution in [2.24, 2.45) is 5.92 Å². The number of carbonyl (C=O) groups excluding carboxylic acids is 1. The van der Waals surface area contributed by atoms with E-state index in [0.717, 1.165) is 24.4 Å². The molecule has 0 saturated carbocycles. The van der Waals surface area contributed by atoms with E-state index in [0.29, 0.717) is 43.4 Å². The van der Waals surface area contributed by atoms with Crippen LogP contribution in [0, 0.1) is 5.92 Å². The fraction of sp³-hybridized carbons (Fsp3) is 0.522. The molecule has 2 aromatic rings. The summed E-state index contributed by atoms with van der Waals surface area (Å²) in [4.78, 5) is 15.4. The molecule has 1 aromatic carbocycles. The number of morpholine rings is 1. The highest BCUT2D eigenvalue weighted by Gasteiger charge is 2.34. The van der Waals surface area contributed by atoms with E-state index in [1.807, 2.05) is 24.3 Å². The first-order valence-electron chi connectivity index (χ1n) is 11.3. The number of thiophene rings is 1. The van der Waals surface area contributed by atoms with Crippen LogP contribution in [0.4, 0.5) is 0 Å². The summed E-state index contributed by atoms with van der Waals surface area (Å²) in [5, 5.41) is 4.87. The summed E-state index contributed by atoms with van der Waals surface area (Å²) in [6.07, 6.45) is 1.36. The Balaban J connectivity index is 1.42. The Bertz CT molecular complexity index is 1010. The normalized spacial score (nSPS) is 21.4. The van der Waals surface area contributed by atoms with E-state index >= 15 is 0 Å². The number of amides is 1. The SMILES string of the molecule is COc1ccc([C@@H](CNC(=O)[C@@H]2CCCN(S(=O)(=O)c3cccs3)C2)N2CCOCC2)cc1. The molecule has 1 amide bonds. The van der Waals surface area contributed by atoms with Crippen molar-refractivity contribution in [3.8, 4) is 5.75 Å². The number of nitrogens with one attached hydrogen (secondary N) is 1. The maximum absolute atomic E-state index is 13.1. The predicted molar refractivity (Wildman–Crippen MR) is 127 cm³/mol. The minimum absolute atomic E-state index is 0.0123. The van der Waals surface area contributed by atoms with Gasteiger partial charge in [-0.2, -0.15) is 4.31 Å². The Morgan fingerprint density at radius 1 is 1.21 bits per heavy atom. The molecule has 1 N–H and O–H groups in total. The van der Waals surface area contributed by atoms with Gasteiger partial charge >= 0.3 is 0 Å². The highest BCUT2D eigenvalue weighted by molar-refractivity contribution is 7.91. The molecule has 0 unspecified atom stereocenters. The first kappa shape index (κ1) is 24.2. The molecule has 4 rings (SSSR count). The first-order valence-corrected chi connectivity index (χ1v) is 13.6. The second-order valence-electron chi connectivity index (χ2n) is 8.32. The molecule has 0 bridgehead atoms. The number of hydrogen-bond donors (Lipinski definition) is 1. The van der Waals surface area contributed by atoms with Gasteiger partial charge in [-0.05, 0) is 42.0 Å². The average Bonchev–Trinajstić information content (AvgIpc) is 3.41. The van der Waals surface area contributed by atoms with Gasteiger partial charge in [-0.1, -0.05) is 18.2 Å². The molecule has 0 aliphatic carbocycles. The van der Waals surface area contributed by atoms with E-state index in [9.17, 15) is 13.2 Å². The molecule has 2 aliphatic heterocycles. The molecular formula is C23H31N3O5S2. The van der Waals surface area contributed by atoms with Gasteiger partial charge < -0.3 is 14.8 Å². The van der Waals surface area contributed by atoms with Crippen LogP contribution >= 0.6 is 11.3 Å². The summed E-state index contributed by atoms with van der Waals surface area (Å²) in [7, 11) is -1.91. The van der Waals surface area contributed by atoms with Gasteiger partial charge in [0.2, 0.25) is 5.91 Å². The summed E-state index contributed by atoms with van der Waals surface area (Å²) in [5.74, 6) is 0.348. The molecule has 10 heteroatoms. The van der Waals surface area contributed by atoms with Gasteiger partial charge in [0.25, 0.3) is 10.0 Å². The summed E-state index contributed by atoms with van der Waals surface area (Å²) in [6.45, 7) is 4.05. The summed E-state index contributed by atoms with van der Waals surface area (Å²) in [5.41, 5.74) is 1.10. The van der Waals surface area contributed by atoms with Crippen molar-refractivity contribution in [2.45, 2.75) is 23.1 Å². The Morgan fingerprint density at radius 3 is 2.64 bits per heavy atom. The molecule has 2 saturated heterocycles. The number of nitrogens with zero attached hydrogens (tertiary/aromatic N) is 2. The van der Waals surface area contributed by atoms with Gasteiger partial charge in [0.1, 0.15) is 9.96 Å². The van der Waals surface area contributed by atoms with Crippen LogP contribution in [-0.2, 0) is 19.6 Å². The number of benzene rings is 1. The summed E-state index contributed by atoms with van der Waals surface area (Å²) >= 11 is 1.21. The predicted octanol–water partition coefficient (Wildman–Crippen LogP) is 2.35. The van der Waals surface area contributed by atoms with Crippen molar-refractivity contribution in [3.05, 3.63) is 47.3 Å². The third kappa shape index (κ3) is 5.75. The molecule has 8 nitrogen and oxygen atoms in total. The molecule has 180 valence electrons. The highest BCUT2D eigenvalue weighted by Crippen LogP contribution is 2.27. The Labute approximate surface area is 199 Å². The maximum atomic E-state index is 13.1. The second kappa shape index (κ2) is 11.0. The van der Waals surface area contributed by atoms with Gasteiger partial charge in [-0.15, -0.1) is 11.3 Å². The molecule has 1 aromatic heterocycles. The molecule has 0 radical (unpaired) electrons. The summed E-state index contributed by atoms with van der Waals surface area (Å²) in [6, 6.07) is 11.3. The first-order chi connectivity index (χ1) is 16.0. The van der Waals surface area contributed by atoms with Crippen molar-refractivity contribution in [1.29, 1.82) is 0 Å². The zero-order valence-corrected chi connectivity index (χ0v) is 20.4. The summed E-state index contributed by atoms with van der Waals surface area (Å²) < 4.78 is 38.4. The number of sulfonamides is 1. The molecular weight excluding hydrogens is 462 g/mol. The van der Waals surface area contributed by atoms with Crippen LogP contribution < -0.4 is 10.1 Å². The van der Waals surface area contributed by atoms with E-state index < -0.39 is 10.0 Å². The monoisotopic (exact) mass is 493 g/mol. The molecule has 3 heterocycles. The zero-order chi connectivity index (χ0) is 23.3. The highest BCUT2D eigenvalue weighted by atomic mass is 32.2. The van der Waals surface area contributed by atoms with Crippen LogP contribution in [0.2, 0.25) is 0 Å². The third-order valence-corrected chi connectivity index (χ3v) is 9.54. The average molecular weight is 494 g/mol. The van der Waals surface area contributed by atoms with Crippen molar-refractivity contribution in [3.63, 3.8) is 0 Å². The topological polar surface area (TPSA) is 88.2 Å². The zero-order valence-electron chi connectivity index (χ0n) is 18.8. The smallest absolute Gasteiger partial charge is 0.252 e. The molecule has 2 atom stereocenters. The van der Waals surface area contributed by atoms with Crippen LogP contribution in [0.15, 0.2) is 46.0 Å². The quantitative estimate of drug-likeness (QED) is 0.607. The lowest BCUT2D eigenvalue weighted by Crippen LogP contribution is -2.48. The number of hydrogen-bond acceptors (Lipinski definition) is 7. The lowest BCUT2D eigenvalue weighted by atomic mass is 9.98. The Kier molecular flexibility index (Phi) is 8.02. The van der Waals surface area contributed by atoms with E-state index in [2.05, 4.69) is 10.2 Å². The van der Waals surface area contributed by atoms with Crippen molar-refractivity contribution >= 4 is 27.3 Å². The molecule has 2 aliphatic rings. The van der Waals surface area contributed by atoms with Crippen LogP contribution in [0.25, 0.3) is 0 Å². The molecule has 2 fully saturated rings. The van der Waals surface area contributed by atoms with E-state index in [4.69, 9.17) is 9.47 Å². The largest absolute Gasteiger partial charge is 0.497 e. The van der Waals surface area contributed by atoms with Crippen LogP contribution in [-0.4, -0.2) is 76.6 Å². The maximum Gasteiger partial charge on any atom is 0.252 e.